The van der Waals surface area contributed by atoms with Crippen LogP contribution in [0.3, 0.4) is 0 Å². The summed E-state index contributed by atoms with van der Waals surface area (Å²) in [7, 11) is 1.86. The molecule has 2 aliphatic rings. The summed E-state index contributed by atoms with van der Waals surface area (Å²) < 4.78 is 0. The average Bonchev–Trinajstić information content (AvgIpc) is 2.97. The second kappa shape index (κ2) is 6.38. The maximum absolute atomic E-state index is 4.25. The van der Waals surface area contributed by atoms with Gasteiger partial charge in [-0.3, -0.25) is 4.99 Å². The second-order valence-corrected chi connectivity index (χ2v) is 6.16. The average molecular weight is 241 g/mol. The number of nitrogens with one attached hydrogen (secondary N) is 2. The Morgan fingerprint density at radius 3 is 2.81 bits per heavy atom. The van der Waals surface area contributed by atoms with Crippen molar-refractivity contribution >= 4 is 17.7 Å². The number of aliphatic imine (C=N–C) groups is 1. The van der Waals surface area contributed by atoms with Gasteiger partial charge in [-0.2, -0.15) is 11.8 Å². The van der Waals surface area contributed by atoms with Crippen molar-refractivity contribution in [2.24, 2.45) is 10.9 Å². The quantitative estimate of drug-likeness (QED) is 0.570. The Kier molecular flexibility index (Phi) is 4.82. The Morgan fingerprint density at radius 2 is 2.19 bits per heavy atom. The van der Waals surface area contributed by atoms with Crippen LogP contribution in [0.15, 0.2) is 4.99 Å². The van der Waals surface area contributed by atoms with E-state index in [1.165, 1.54) is 37.9 Å². The zero-order valence-corrected chi connectivity index (χ0v) is 11.0. The zero-order valence-electron chi connectivity index (χ0n) is 10.2. The molecular formula is C12H23N3S. The minimum absolute atomic E-state index is 0.794. The molecule has 3 nitrogen and oxygen atoms in total. The summed E-state index contributed by atoms with van der Waals surface area (Å²) in [5.41, 5.74) is 0. The zero-order chi connectivity index (χ0) is 11.2. The minimum Gasteiger partial charge on any atom is -0.356 e. The maximum Gasteiger partial charge on any atom is 0.191 e. The van der Waals surface area contributed by atoms with E-state index in [1.54, 1.807) is 0 Å². The Labute approximate surface area is 103 Å². The van der Waals surface area contributed by atoms with Gasteiger partial charge >= 0.3 is 0 Å². The molecular weight excluding hydrogens is 218 g/mol. The van der Waals surface area contributed by atoms with Crippen molar-refractivity contribution in [2.75, 3.05) is 25.9 Å². The molecule has 16 heavy (non-hydrogen) atoms. The summed E-state index contributed by atoms with van der Waals surface area (Å²) in [6.45, 7) is 2.13. The molecule has 2 rings (SSSR count). The van der Waals surface area contributed by atoms with Gasteiger partial charge in [-0.15, -0.1) is 0 Å². The van der Waals surface area contributed by atoms with Crippen molar-refractivity contribution in [2.45, 2.75) is 37.4 Å². The molecule has 4 heteroatoms. The first-order chi connectivity index (χ1) is 7.88. The minimum atomic E-state index is 0.794. The highest BCUT2D eigenvalue weighted by Gasteiger charge is 2.20. The van der Waals surface area contributed by atoms with Gasteiger partial charge in [0, 0.05) is 25.4 Å². The predicted molar refractivity (Wildman–Crippen MR) is 72.2 cm³/mol. The Hall–Kier alpha value is -0.380. The highest BCUT2D eigenvalue weighted by molar-refractivity contribution is 8.00. The summed E-state index contributed by atoms with van der Waals surface area (Å²) in [5, 5.41) is 7.61. The van der Waals surface area contributed by atoms with Gasteiger partial charge in [0.05, 0.1) is 0 Å². The van der Waals surface area contributed by atoms with Crippen LogP contribution in [0.25, 0.3) is 0 Å². The van der Waals surface area contributed by atoms with E-state index in [0.29, 0.717) is 0 Å². The standard InChI is InChI=1S/C12H23N3S/c1-13-12(14-7-6-10-4-5-10)15-9-11-3-2-8-16-11/h10-11H,2-9H2,1H3,(H2,13,14,15). The van der Waals surface area contributed by atoms with Crippen LogP contribution >= 0.6 is 11.8 Å². The molecule has 0 aromatic rings. The lowest BCUT2D eigenvalue weighted by Gasteiger charge is -2.14. The largest absolute Gasteiger partial charge is 0.356 e. The molecule has 0 spiro atoms. The van der Waals surface area contributed by atoms with Crippen molar-refractivity contribution in [1.29, 1.82) is 0 Å². The van der Waals surface area contributed by atoms with E-state index in [0.717, 1.165) is 30.2 Å². The molecule has 0 aromatic heterocycles. The van der Waals surface area contributed by atoms with Crippen LogP contribution in [0.5, 0.6) is 0 Å². The van der Waals surface area contributed by atoms with Gasteiger partial charge in [-0.1, -0.05) is 12.8 Å². The molecule has 0 bridgehead atoms. The molecule has 1 unspecified atom stereocenters. The number of hydrogen-bond donors (Lipinski definition) is 2. The molecule has 1 aliphatic heterocycles. The molecule has 1 atom stereocenters. The Bertz CT molecular complexity index is 232. The van der Waals surface area contributed by atoms with Crippen molar-refractivity contribution in [3.63, 3.8) is 0 Å². The lowest BCUT2D eigenvalue weighted by molar-refractivity contribution is 0.676. The van der Waals surface area contributed by atoms with E-state index in [9.17, 15) is 0 Å². The van der Waals surface area contributed by atoms with E-state index in [4.69, 9.17) is 0 Å². The highest BCUT2D eigenvalue weighted by atomic mass is 32.2. The van der Waals surface area contributed by atoms with Crippen LogP contribution in [0, 0.1) is 5.92 Å². The molecule has 1 saturated carbocycles. The van der Waals surface area contributed by atoms with E-state index in [-0.39, 0.29) is 0 Å². The van der Waals surface area contributed by atoms with Gasteiger partial charge in [0.25, 0.3) is 0 Å². The van der Waals surface area contributed by atoms with Gasteiger partial charge in [0.1, 0.15) is 0 Å². The molecule has 1 saturated heterocycles. The number of guanidine groups is 1. The van der Waals surface area contributed by atoms with Crippen LogP contribution in [0.2, 0.25) is 0 Å². The second-order valence-electron chi connectivity index (χ2n) is 4.75. The van der Waals surface area contributed by atoms with Crippen LogP contribution in [-0.4, -0.2) is 37.1 Å². The summed E-state index contributed by atoms with van der Waals surface area (Å²) in [4.78, 5) is 4.25. The van der Waals surface area contributed by atoms with Crippen LogP contribution in [-0.2, 0) is 0 Å². The normalized spacial score (nSPS) is 25.8. The Balaban J connectivity index is 1.56. The Morgan fingerprint density at radius 1 is 1.31 bits per heavy atom. The first-order valence-corrected chi connectivity index (χ1v) is 7.49. The van der Waals surface area contributed by atoms with Gasteiger partial charge in [-0.05, 0) is 30.9 Å². The SMILES string of the molecule is CN=C(NCCC1CC1)NCC1CCCS1. The van der Waals surface area contributed by atoms with Crippen LogP contribution < -0.4 is 10.6 Å². The third-order valence-electron chi connectivity index (χ3n) is 3.29. The summed E-state index contributed by atoms with van der Waals surface area (Å²) in [6, 6.07) is 0. The molecule has 0 aromatic carbocycles. The van der Waals surface area contributed by atoms with Crippen molar-refractivity contribution in [1.82, 2.24) is 10.6 Å². The number of nitrogens with zero attached hydrogens (tertiary/aromatic N) is 1. The molecule has 92 valence electrons. The first-order valence-electron chi connectivity index (χ1n) is 6.44. The van der Waals surface area contributed by atoms with E-state index >= 15 is 0 Å². The number of rotatable bonds is 5. The topological polar surface area (TPSA) is 36.4 Å². The molecule has 1 aliphatic carbocycles. The lowest BCUT2D eigenvalue weighted by atomic mass is 10.2. The van der Waals surface area contributed by atoms with Crippen LogP contribution in [0.1, 0.15) is 32.1 Å². The first kappa shape index (κ1) is 12.1. The maximum atomic E-state index is 4.25. The van der Waals surface area contributed by atoms with Gasteiger partial charge in [0.2, 0.25) is 0 Å². The molecule has 1 heterocycles. The van der Waals surface area contributed by atoms with Crippen LogP contribution in [0.4, 0.5) is 0 Å². The molecule has 0 amide bonds. The summed E-state index contributed by atoms with van der Waals surface area (Å²) >= 11 is 2.09. The third-order valence-corrected chi connectivity index (χ3v) is 4.68. The summed E-state index contributed by atoms with van der Waals surface area (Å²) in [6.07, 6.45) is 6.92. The summed E-state index contributed by atoms with van der Waals surface area (Å²) in [5.74, 6) is 3.31. The fourth-order valence-corrected chi connectivity index (χ4v) is 3.24. The highest BCUT2D eigenvalue weighted by Crippen LogP contribution is 2.31. The molecule has 2 fully saturated rings. The fourth-order valence-electron chi connectivity index (χ4n) is 2.04. The smallest absolute Gasteiger partial charge is 0.191 e. The van der Waals surface area contributed by atoms with Crippen molar-refractivity contribution in [3.05, 3.63) is 0 Å². The van der Waals surface area contributed by atoms with Gasteiger partial charge in [0.15, 0.2) is 5.96 Å². The third kappa shape index (κ3) is 4.24. The van der Waals surface area contributed by atoms with E-state index in [1.807, 2.05) is 7.05 Å². The monoisotopic (exact) mass is 241 g/mol. The lowest BCUT2D eigenvalue weighted by Crippen LogP contribution is -2.40. The number of thioether (sulfide) groups is 1. The van der Waals surface area contributed by atoms with Crippen molar-refractivity contribution < 1.29 is 0 Å². The number of hydrogen-bond acceptors (Lipinski definition) is 2. The van der Waals surface area contributed by atoms with E-state index in [2.05, 4.69) is 27.4 Å². The molecule has 0 radical (unpaired) electrons. The van der Waals surface area contributed by atoms with E-state index < -0.39 is 0 Å². The molecule has 2 N–H and O–H groups in total. The van der Waals surface area contributed by atoms with Gasteiger partial charge in [-0.25, -0.2) is 0 Å². The van der Waals surface area contributed by atoms with Gasteiger partial charge < -0.3 is 10.6 Å². The fraction of sp³-hybridized carbons (Fsp3) is 0.917. The van der Waals surface area contributed by atoms with Crippen molar-refractivity contribution in [3.8, 4) is 0 Å². The predicted octanol–water partition coefficient (Wildman–Crippen LogP) is 1.85.